The van der Waals surface area contributed by atoms with Crippen molar-refractivity contribution in [1.29, 1.82) is 0 Å². The molecule has 1 unspecified atom stereocenters. The van der Waals surface area contributed by atoms with E-state index in [-0.39, 0.29) is 17.7 Å². The number of hydrogen-bond donors (Lipinski definition) is 2. The van der Waals surface area contributed by atoms with Crippen molar-refractivity contribution in [3.63, 3.8) is 0 Å². The van der Waals surface area contributed by atoms with Gasteiger partial charge in [0.25, 0.3) is 0 Å². The quantitative estimate of drug-likeness (QED) is 0.460. The average Bonchev–Trinajstić information content (AvgIpc) is 2.65. The molecule has 1 fully saturated rings. The maximum atomic E-state index is 13.3. The van der Waals surface area contributed by atoms with Crippen molar-refractivity contribution in [1.82, 2.24) is 15.5 Å². The predicted molar refractivity (Wildman–Crippen MR) is 115 cm³/mol. The number of guanidine groups is 1. The van der Waals surface area contributed by atoms with Gasteiger partial charge in [-0.2, -0.15) is 0 Å². The van der Waals surface area contributed by atoms with Gasteiger partial charge in [-0.3, -0.25) is 0 Å². The minimum absolute atomic E-state index is 0.190. The van der Waals surface area contributed by atoms with Crippen LogP contribution >= 0.6 is 0 Å². The fraction of sp³-hybridized carbons (Fsp3) is 0.650. The van der Waals surface area contributed by atoms with Gasteiger partial charge in [-0.05, 0) is 38.8 Å². The van der Waals surface area contributed by atoms with Gasteiger partial charge in [0, 0.05) is 44.5 Å². The smallest absolute Gasteiger partial charge is 0.191 e. The number of nitrogens with zero attached hydrogens (tertiary/aromatic N) is 2. The second kappa shape index (κ2) is 11.3. The Morgan fingerprint density at radius 2 is 2.10 bits per heavy atom. The fourth-order valence-corrected chi connectivity index (χ4v) is 3.73. The number of ether oxygens (including phenoxy) is 1. The van der Waals surface area contributed by atoms with Crippen molar-refractivity contribution < 1.29 is 17.5 Å². The third kappa shape index (κ3) is 9.45. The van der Waals surface area contributed by atoms with Crippen LogP contribution in [0.5, 0.6) is 5.75 Å². The molecule has 2 N–H and O–H groups in total. The van der Waals surface area contributed by atoms with Gasteiger partial charge in [-0.25, -0.2) is 17.8 Å². The molecule has 1 saturated heterocycles. The van der Waals surface area contributed by atoms with E-state index < -0.39 is 9.84 Å². The van der Waals surface area contributed by atoms with Crippen molar-refractivity contribution >= 4 is 15.8 Å². The lowest BCUT2D eigenvalue weighted by Gasteiger charge is -2.33. The molecule has 1 aromatic carbocycles. The molecule has 0 amide bonds. The van der Waals surface area contributed by atoms with E-state index in [9.17, 15) is 12.8 Å². The number of hydrogen-bond acceptors (Lipinski definition) is 5. The highest BCUT2D eigenvalue weighted by Crippen LogP contribution is 2.14. The summed E-state index contributed by atoms with van der Waals surface area (Å²) in [7, 11) is -2.92. The molecule has 1 heterocycles. The Hall–Kier alpha value is -1.87. The number of benzene rings is 1. The highest BCUT2D eigenvalue weighted by atomic mass is 32.2. The standard InChI is InChI=1S/C20H33FN4O3S/c1-4-22-20(23-15-16(2)28-19-7-5-6-17(21)14-19)24-18-8-10-25(11-9-18)12-13-29(3,26)27/h5-7,14,16,18H,4,8-13,15H2,1-3H3,(H2,22,23,24). The summed E-state index contributed by atoms with van der Waals surface area (Å²) in [6, 6.07) is 6.39. The van der Waals surface area contributed by atoms with Crippen LogP contribution in [0, 0.1) is 5.82 Å². The van der Waals surface area contributed by atoms with Gasteiger partial charge in [-0.1, -0.05) is 6.07 Å². The van der Waals surface area contributed by atoms with Gasteiger partial charge in [0.15, 0.2) is 5.96 Å². The van der Waals surface area contributed by atoms with Gasteiger partial charge in [-0.15, -0.1) is 0 Å². The van der Waals surface area contributed by atoms with Gasteiger partial charge < -0.3 is 20.3 Å². The zero-order chi connectivity index (χ0) is 21.3. The number of piperidine rings is 1. The number of likely N-dealkylation sites (tertiary alicyclic amines) is 1. The molecule has 7 nitrogen and oxygen atoms in total. The first-order valence-corrected chi connectivity index (χ1v) is 12.2. The molecule has 29 heavy (non-hydrogen) atoms. The fourth-order valence-electron chi connectivity index (χ4n) is 3.14. The Labute approximate surface area is 173 Å². The summed E-state index contributed by atoms with van der Waals surface area (Å²) in [6.07, 6.45) is 2.96. The lowest BCUT2D eigenvalue weighted by atomic mass is 10.1. The van der Waals surface area contributed by atoms with Gasteiger partial charge >= 0.3 is 0 Å². The zero-order valence-electron chi connectivity index (χ0n) is 17.5. The summed E-state index contributed by atoms with van der Waals surface area (Å²) >= 11 is 0. The summed E-state index contributed by atoms with van der Waals surface area (Å²) in [5.74, 6) is 1.11. The molecule has 1 aliphatic rings. The van der Waals surface area contributed by atoms with Crippen LogP contribution in [0.4, 0.5) is 4.39 Å². The molecule has 1 aromatic rings. The molecule has 0 radical (unpaired) electrons. The monoisotopic (exact) mass is 428 g/mol. The number of nitrogens with one attached hydrogen (secondary N) is 2. The van der Waals surface area contributed by atoms with Crippen molar-refractivity contribution in [2.24, 2.45) is 4.99 Å². The molecule has 1 atom stereocenters. The van der Waals surface area contributed by atoms with Gasteiger partial charge in [0.05, 0.1) is 12.3 Å². The Bertz CT molecular complexity index is 765. The van der Waals surface area contributed by atoms with Crippen molar-refractivity contribution in [3.05, 3.63) is 30.1 Å². The Balaban J connectivity index is 1.80. The molecule has 0 aromatic heterocycles. The molecule has 2 rings (SSSR count). The SMILES string of the molecule is CCNC(=NCC(C)Oc1cccc(F)c1)NC1CCN(CCS(C)(=O)=O)CC1. The van der Waals surface area contributed by atoms with Crippen LogP contribution in [-0.2, 0) is 9.84 Å². The number of sulfone groups is 1. The Morgan fingerprint density at radius 1 is 1.38 bits per heavy atom. The molecule has 0 aliphatic carbocycles. The summed E-state index contributed by atoms with van der Waals surface area (Å²) in [5.41, 5.74) is 0. The summed E-state index contributed by atoms with van der Waals surface area (Å²) in [6.45, 7) is 7.43. The Kier molecular flexibility index (Phi) is 9.16. The Morgan fingerprint density at radius 3 is 2.72 bits per heavy atom. The van der Waals surface area contributed by atoms with Crippen LogP contribution in [0.15, 0.2) is 29.3 Å². The van der Waals surface area contributed by atoms with Crippen LogP contribution in [0.3, 0.4) is 0 Å². The minimum atomic E-state index is -2.92. The zero-order valence-corrected chi connectivity index (χ0v) is 18.3. The normalized spacial score (nSPS) is 17.7. The molecule has 0 spiro atoms. The molecular weight excluding hydrogens is 395 g/mol. The van der Waals surface area contributed by atoms with Crippen LogP contribution in [0.2, 0.25) is 0 Å². The van der Waals surface area contributed by atoms with Crippen LogP contribution in [0.25, 0.3) is 0 Å². The predicted octanol–water partition coefficient (Wildman–Crippen LogP) is 1.66. The van der Waals surface area contributed by atoms with Crippen molar-refractivity contribution in [3.8, 4) is 5.75 Å². The first-order chi connectivity index (χ1) is 13.7. The molecule has 164 valence electrons. The minimum Gasteiger partial charge on any atom is -0.489 e. The van der Waals surface area contributed by atoms with E-state index in [1.54, 1.807) is 12.1 Å². The maximum Gasteiger partial charge on any atom is 0.191 e. The van der Waals surface area contributed by atoms with Gasteiger partial charge in [0.1, 0.15) is 27.5 Å². The lowest BCUT2D eigenvalue weighted by Crippen LogP contribution is -2.49. The van der Waals surface area contributed by atoms with Crippen LogP contribution < -0.4 is 15.4 Å². The van der Waals surface area contributed by atoms with E-state index >= 15 is 0 Å². The van der Waals surface area contributed by atoms with E-state index in [0.29, 0.717) is 24.9 Å². The third-order valence-electron chi connectivity index (χ3n) is 4.69. The van der Waals surface area contributed by atoms with E-state index in [0.717, 1.165) is 38.4 Å². The number of rotatable bonds is 9. The summed E-state index contributed by atoms with van der Waals surface area (Å²) in [4.78, 5) is 6.79. The van der Waals surface area contributed by atoms with Crippen molar-refractivity contribution in [2.45, 2.75) is 38.8 Å². The number of halogens is 1. The molecule has 1 aliphatic heterocycles. The summed E-state index contributed by atoms with van der Waals surface area (Å²) in [5, 5.41) is 6.70. The van der Waals surface area contributed by atoms with Gasteiger partial charge in [0.2, 0.25) is 0 Å². The lowest BCUT2D eigenvalue weighted by molar-refractivity contribution is 0.215. The van der Waals surface area contributed by atoms with Crippen LogP contribution in [0.1, 0.15) is 26.7 Å². The van der Waals surface area contributed by atoms with E-state index in [1.807, 2.05) is 13.8 Å². The first kappa shape index (κ1) is 23.4. The second-order valence-corrected chi connectivity index (χ2v) is 9.76. The molecule has 0 saturated carbocycles. The summed E-state index contributed by atoms with van der Waals surface area (Å²) < 4.78 is 41.6. The largest absolute Gasteiger partial charge is 0.489 e. The second-order valence-electron chi connectivity index (χ2n) is 7.50. The average molecular weight is 429 g/mol. The van der Waals surface area contributed by atoms with E-state index in [2.05, 4.69) is 20.5 Å². The van der Waals surface area contributed by atoms with E-state index in [4.69, 9.17) is 4.74 Å². The van der Waals surface area contributed by atoms with E-state index in [1.165, 1.54) is 18.4 Å². The maximum absolute atomic E-state index is 13.3. The molecule has 9 heteroatoms. The molecule has 0 bridgehead atoms. The van der Waals surface area contributed by atoms with Crippen molar-refractivity contribution in [2.75, 3.05) is 44.7 Å². The molecular formula is C20H33FN4O3S. The van der Waals surface area contributed by atoms with Crippen LogP contribution in [-0.4, -0.2) is 76.2 Å². The third-order valence-corrected chi connectivity index (χ3v) is 5.61. The first-order valence-electron chi connectivity index (χ1n) is 10.1. The highest BCUT2D eigenvalue weighted by molar-refractivity contribution is 7.90. The highest BCUT2D eigenvalue weighted by Gasteiger charge is 2.20. The number of aliphatic imine (C=N–C) groups is 1. The topological polar surface area (TPSA) is 83.0 Å².